The van der Waals surface area contributed by atoms with Crippen LogP contribution >= 0.6 is 11.6 Å². The van der Waals surface area contributed by atoms with Gasteiger partial charge in [-0.05, 0) is 54.8 Å². The van der Waals surface area contributed by atoms with Crippen molar-refractivity contribution < 1.29 is 18.0 Å². The van der Waals surface area contributed by atoms with Crippen LogP contribution in [0, 0.1) is 5.92 Å². The van der Waals surface area contributed by atoms with E-state index in [-0.39, 0.29) is 11.9 Å². The van der Waals surface area contributed by atoms with Crippen LogP contribution in [0.5, 0.6) is 0 Å². The lowest BCUT2D eigenvalue weighted by molar-refractivity contribution is -0.137. The van der Waals surface area contributed by atoms with E-state index >= 15 is 0 Å². The van der Waals surface area contributed by atoms with Crippen LogP contribution < -0.4 is 10.2 Å². The number of piperazine rings is 1. The molecule has 0 aromatic heterocycles. The second-order valence-electron chi connectivity index (χ2n) is 8.17. The normalized spacial score (nSPS) is 21.4. The third-order valence-electron chi connectivity index (χ3n) is 6.13. The smallest absolute Gasteiger partial charge is 0.365 e. The van der Waals surface area contributed by atoms with Crippen LogP contribution in [0.15, 0.2) is 42.5 Å². The molecule has 0 radical (unpaired) electrons. The number of carbonyl (C=O) groups excluding carboxylic acids is 1. The Kier molecular flexibility index (Phi) is 6.17. The Morgan fingerprint density at radius 1 is 1.16 bits per heavy atom. The first-order valence-electron chi connectivity index (χ1n) is 10.5. The highest BCUT2D eigenvalue weighted by atomic mass is 35.5. The van der Waals surface area contributed by atoms with Crippen LogP contribution in [0.3, 0.4) is 0 Å². The van der Waals surface area contributed by atoms with E-state index in [1.54, 1.807) is 6.07 Å². The first-order valence-corrected chi connectivity index (χ1v) is 10.9. The Hall–Kier alpha value is -2.25. The molecule has 4 nitrogen and oxygen atoms in total. The summed E-state index contributed by atoms with van der Waals surface area (Å²) < 4.78 is 39.7. The van der Waals surface area contributed by atoms with Crippen LogP contribution in [0.25, 0.3) is 0 Å². The lowest BCUT2D eigenvalue weighted by atomic mass is 9.82. The Morgan fingerprint density at radius 3 is 2.58 bits per heavy atom. The Morgan fingerprint density at radius 2 is 1.90 bits per heavy atom. The molecule has 2 atom stereocenters. The summed E-state index contributed by atoms with van der Waals surface area (Å²) in [5.74, 6) is -0.502. The van der Waals surface area contributed by atoms with E-state index in [1.165, 1.54) is 6.07 Å². The molecular formula is C23H25ClF3N3O. The lowest BCUT2D eigenvalue weighted by Gasteiger charge is -2.49. The van der Waals surface area contributed by atoms with Gasteiger partial charge in [-0.25, -0.2) is 0 Å². The topological polar surface area (TPSA) is 35.6 Å². The van der Waals surface area contributed by atoms with E-state index in [2.05, 4.69) is 15.1 Å². The van der Waals surface area contributed by atoms with E-state index < -0.39 is 17.7 Å². The first-order chi connectivity index (χ1) is 14.8. The highest BCUT2D eigenvalue weighted by molar-refractivity contribution is 6.30. The highest BCUT2D eigenvalue weighted by Crippen LogP contribution is 2.39. The number of benzene rings is 2. The number of hydrogen-bond acceptors (Lipinski definition) is 3. The van der Waals surface area contributed by atoms with Crippen LogP contribution in [0.2, 0.25) is 5.02 Å². The van der Waals surface area contributed by atoms with E-state index in [4.69, 9.17) is 11.6 Å². The minimum Gasteiger partial charge on any atom is -0.365 e. The molecule has 1 amide bonds. The molecule has 2 heterocycles. The van der Waals surface area contributed by atoms with E-state index in [0.29, 0.717) is 36.6 Å². The van der Waals surface area contributed by atoms with Gasteiger partial charge in [-0.3, -0.25) is 9.69 Å². The van der Waals surface area contributed by atoms with Gasteiger partial charge < -0.3 is 10.2 Å². The molecular weight excluding hydrogens is 427 g/mol. The molecule has 0 spiro atoms. The molecule has 166 valence electrons. The van der Waals surface area contributed by atoms with Gasteiger partial charge in [-0.15, -0.1) is 0 Å². The van der Waals surface area contributed by atoms with E-state index in [0.717, 1.165) is 30.4 Å². The molecule has 2 aliphatic rings. The minimum absolute atomic E-state index is 0.0863. The van der Waals surface area contributed by atoms with Crippen molar-refractivity contribution in [2.75, 3.05) is 31.1 Å². The standard InChI is InChI=1S/C23H25ClF3N3O/c1-2-28-22(31)19-12-16-11-17(23(25,26)27)5-8-20(16)30-10-9-29(14-21(19)30)13-15-3-6-18(24)7-4-15/h3-8,11,19,21H,2,9-10,12-14H2,1H3,(H,28,31). The second kappa shape index (κ2) is 8.71. The monoisotopic (exact) mass is 451 g/mol. The largest absolute Gasteiger partial charge is 0.416 e. The number of amides is 1. The molecule has 2 aromatic carbocycles. The van der Waals surface area contributed by atoms with Crippen molar-refractivity contribution in [2.45, 2.75) is 32.1 Å². The average Bonchev–Trinajstić information content (AvgIpc) is 2.73. The number of rotatable bonds is 4. The molecule has 2 aromatic rings. The first kappa shape index (κ1) is 22.0. The fourth-order valence-corrected chi connectivity index (χ4v) is 4.78. The van der Waals surface area contributed by atoms with Gasteiger partial charge in [0, 0.05) is 43.4 Å². The third-order valence-corrected chi connectivity index (χ3v) is 6.38. The quantitative estimate of drug-likeness (QED) is 0.750. The maximum Gasteiger partial charge on any atom is 0.416 e. The number of fused-ring (bicyclic) bond motifs is 3. The zero-order valence-electron chi connectivity index (χ0n) is 17.3. The van der Waals surface area contributed by atoms with Crippen LogP contribution in [0.1, 0.15) is 23.6 Å². The second-order valence-corrected chi connectivity index (χ2v) is 8.61. The molecule has 31 heavy (non-hydrogen) atoms. The highest BCUT2D eigenvalue weighted by Gasteiger charge is 2.42. The zero-order chi connectivity index (χ0) is 22.2. The van der Waals surface area contributed by atoms with Crippen molar-refractivity contribution in [3.63, 3.8) is 0 Å². The van der Waals surface area contributed by atoms with Gasteiger partial charge in [0.2, 0.25) is 5.91 Å². The number of nitrogens with one attached hydrogen (secondary N) is 1. The van der Waals surface area contributed by atoms with Crippen molar-refractivity contribution in [1.82, 2.24) is 10.2 Å². The third kappa shape index (κ3) is 4.67. The minimum atomic E-state index is -4.40. The Bertz CT molecular complexity index is 948. The summed E-state index contributed by atoms with van der Waals surface area (Å²) in [6, 6.07) is 11.5. The molecule has 0 bridgehead atoms. The molecule has 1 saturated heterocycles. The van der Waals surface area contributed by atoms with Crippen molar-refractivity contribution in [3.8, 4) is 0 Å². The van der Waals surface area contributed by atoms with Crippen molar-refractivity contribution in [1.29, 1.82) is 0 Å². The zero-order valence-corrected chi connectivity index (χ0v) is 18.0. The van der Waals surface area contributed by atoms with Gasteiger partial charge in [0.25, 0.3) is 0 Å². The number of anilines is 1. The molecule has 1 fully saturated rings. The molecule has 2 aliphatic heterocycles. The van der Waals surface area contributed by atoms with Crippen LogP contribution in [-0.2, 0) is 23.9 Å². The summed E-state index contributed by atoms with van der Waals surface area (Å²) in [6.07, 6.45) is -4.09. The summed E-state index contributed by atoms with van der Waals surface area (Å²) in [7, 11) is 0. The fraction of sp³-hybridized carbons (Fsp3) is 0.435. The number of hydrogen-bond donors (Lipinski definition) is 1. The molecule has 1 N–H and O–H groups in total. The maximum absolute atomic E-state index is 13.2. The Labute approximate surface area is 185 Å². The summed E-state index contributed by atoms with van der Waals surface area (Å²) in [5, 5.41) is 3.56. The molecule has 2 unspecified atom stereocenters. The molecule has 8 heteroatoms. The summed E-state index contributed by atoms with van der Waals surface area (Å²) in [4.78, 5) is 17.3. The van der Waals surface area contributed by atoms with E-state index in [9.17, 15) is 18.0 Å². The Balaban J connectivity index is 1.61. The molecule has 4 rings (SSSR count). The average molecular weight is 452 g/mol. The summed E-state index contributed by atoms with van der Waals surface area (Å²) in [6.45, 7) is 5.18. The molecule has 0 saturated carbocycles. The number of carbonyl (C=O) groups is 1. The van der Waals surface area contributed by atoms with Gasteiger partial charge in [-0.2, -0.15) is 13.2 Å². The van der Waals surface area contributed by atoms with Gasteiger partial charge in [0.1, 0.15) is 0 Å². The summed E-state index contributed by atoms with van der Waals surface area (Å²) >= 11 is 5.98. The fourth-order valence-electron chi connectivity index (χ4n) is 4.66. The van der Waals surface area contributed by atoms with Crippen LogP contribution in [-0.4, -0.2) is 43.0 Å². The lowest BCUT2D eigenvalue weighted by Crippen LogP contribution is -2.60. The van der Waals surface area contributed by atoms with Gasteiger partial charge in [0.05, 0.1) is 17.5 Å². The van der Waals surface area contributed by atoms with E-state index in [1.807, 2.05) is 31.2 Å². The number of alkyl halides is 3. The van der Waals surface area contributed by atoms with Crippen LogP contribution in [0.4, 0.5) is 18.9 Å². The summed E-state index contributed by atoms with van der Waals surface area (Å²) in [5.41, 5.74) is 1.87. The molecule has 0 aliphatic carbocycles. The number of nitrogens with zero attached hydrogens (tertiary/aromatic N) is 2. The van der Waals surface area contributed by atoms with Crippen molar-refractivity contribution in [2.24, 2.45) is 5.92 Å². The predicted molar refractivity (Wildman–Crippen MR) is 115 cm³/mol. The van der Waals surface area contributed by atoms with Crippen molar-refractivity contribution in [3.05, 3.63) is 64.2 Å². The maximum atomic E-state index is 13.2. The van der Waals surface area contributed by atoms with Gasteiger partial charge in [0.15, 0.2) is 0 Å². The van der Waals surface area contributed by atoms with Gasteiger partial charge in [-0.1, -0.05) is 23.7 Å². The predicted octanol–water partition coefficient (Wildman–Crippen LogP) is 4.36. The van der Waals surface area contributed by atoms with Gasteiger partial charge >= 0.3 is 6.18 Å². The SMILES string of the molecule is CCNC(=O)C1Cc2cc(C(F)(F)F)ccc2N2CCN(Cc3ccc(Cl)cc3)CC12. The number of halogens is 4. The van der Waals surface area contributed by atoms with Crippen molar-refractivity contribution >= 4 is 23.2 Å².